The molecule has 1 aromatic carbocycles. The van der Waals surface area contributed by atoms with E-state index in [4.69, 9.17) is 23.2 Å². The molecule has 0 bridgehead atoms. The van der Waals surface area contributed by atoms with Gasteiger partial charge in [-0.05, 0) is 30.4 Å². The molecule has 15 heavy (non-hydrogen) atoms. The van der Waals surface area contributed by atoms with Crippen molar-refractivity contribution in [2.24, 2.45) is 11.8 Å². The zero-order valence-corrected chi connectivity index (χ0v) is 10.4. The third-order valence-corrected chi connectivity index (χ3v) is 3.42. The largest absolute Gasteiger partial charge is 0.207 e. The van der Waals surface area contributed by atoms with Gasteiger partial charge in [0.05, 0.1) is 0 Å². The Bertz CT molecular complexity index is 303. The number of hydrogen-bond acceptors (Lipinski definition) is 0. The predicted molar refractivity (Wildman–Crippen MR) is 64.2 cm³/mol. The van der Waals surface area contributed by atoms with Crippen molar-refractivity contribution < 1.29 is 4.39 Å². The first kappa shape index (κ1) is 12.8. The van der Waals surface area contributed by atoms with Crippen molar-refractivity contribution in [1.29, 1.82) is 0 Å². The van der Waals surface area contributed by atoms with E-state index >= 15 is 0 Å². The predicted octanol–water partition coefficient (Wildman–Crippen LogP) is 4.53. The summed E-state index contributed by atoms with van der Waals surface area (Å²) in [6.45, 7) is 4.17. The second kappa shape index (κ2) is 5.72. The van der Waals surface area contributed by atoms with Crippen LogP contribution in [0.15, 0.2) is 18.2 Å². The molecule has 0 spiro atoms. The first-order valence-electron chi connectivity index (χ1n) is 5.05. The lowest BCUT2D eigenvalue weighted by atomic mass is 9.90. The highest BCUT2D eigenvalue weighted by Crippen LogP contribution is 2.25. The van der Waals surface area contributed by atoms with Gasteiger partial charge in [0.2, 0.25) is 0 Å². The summed E-state index contributed by atoms with van der Waals surface area (Å²) >= 11 is 11.8. The molecule has 0 saturated heterocycles. The number of benzene rings is 1. The van der Waals surface area contributed by atoms with Gasteiger partial charge in [0.1, 0.15) is 5.82 Å². The molecular formula is C12H15Cl2F. The molecule has 0 fully saturated rings. The van der Waals surface area contributed by atoms with E-state index in [-0.39, 0.29) is 11.7 Å². The van der Waals surface area contributed by atoms with Crippen molar-refractivity contribution in [2.45, 2.75) is 20.3 Å². The molecule has 1 rings (SSSR count). The van der Waals surface area contributed by atoms with Crippen LogP contribution >= 0.6 is 23.2 Å². The normalized spacial score (nSPS) is 13.2. The lowest BCUT2D eigenvalue weighted by molar-refractivity contribution is 0.415. The third kappa shape index (κ3) is 3.35. The minimum Gasteiger partial charge on any atom is -0.207 e. The molecule has 0 amide bonds. The molecule has 0 aliphatic heterocycles. The van der Waals surface area contributed by atoms with E-state index in [1.165, 1.54) is 6.07 Å². The van der Waals surface area contributed by atoms with Crippen LogP contribution in [0, 0.1) is 17.7 Å². The van der Waals surface area contributed by atoms with Crippen LogP contribution in [0.1, 0.15) is 19.4 Å². The summed E-state index contributed by atoms with van der Waals surface area (Å²) in [7, 11) is 0. The lowest BCUT2D eigenvalue weighted by Gasteiger charge is -2.18. The molecule has 84 valence electrons. The van der Waals surface area contributed by atoms with Crippen molar-refractivity contribution >= 4 is 23.2 Å². The molecule has 0 saturated carbocycles. The minimum atomic E-state index is -0.238. The molecule has 0 aliphatic rings. The molecule has 1 unspecified atom stereocenters. The molecule has 1 aromatic rings. The maximum atomic E-state index is 13.5. The monoisotopic (exact) mass is 248 g/mol. The molecule has 0 nitrogen and oxygen atoms in total. The van der Waals surface area contributed by atoms with Gasteiger partial charge in [-0.3, -0.25) is 0 Å². The highest BCUT2D eigenvalue weighted by atomic mass is 35.5. The Hall–Kier alpha value is -0.270. The van der Waals surface area contributed by atoms with Crippen LogP contribution in [0.25, 0.3) is 0 Å². The number of hydrogen-bond donors (Lipinski definition) is 0. The summed E-state index contributed by atoms with van der Waals surface area (Å²) in [4.78, 5) is 0. The second-order valence-corrected chi connectivity index (χ2v) is 4.78. The van der Waals surface area contributed by atoms with Crippen LogP contribution in [-0.4, -0.2) is 5.88 Å². The van der Waals surface area contributed by atoms with Gasteiger partial charge in [-0.1, -0.05) is 31.5 Å². The molecule has 0 radical (unpaired) electrons. The van der Waals surface area contributed by atoms with Gasteiger partial charge in [-0.2, -0.15) is 0 Å². The maximum Gasteiger partial charge on any atom is 0.127 e. The summed E-state index contributed by atoms with van der Waals surface area (Å²) in [6.07, 6.45) is 0.604. The van der Waals surface area contributed by atoms with Crippen molar-refractivity contribution in [3.8, 4) is 0 Å². The topological polar surface area (TPSA) is 0 Å². The summed E-state index contributed by atoms with van der Waals surface area (Å²) in [5, 5.41) is 0.491. The van der Waals surface area contributed by atoms with E-state index in [0.29, 0.717) is 28.8 Å². The quantitative estimate of drug-likeness (QED) is 0.687. The van der Waals surface area contributed by atoms with Crippen molar-refractivity contribution in [1.82, 2.24) is 0 Å². The Labute approximate surface area is 100 Å². The molecule has 0 aromatic heterocycles. The van der Waals surface area contributed by atoms with Crippen LogP contribution in [0.5, 0.6) is 0 Å². The highest BCUT2D eigenvalue weighted by molar-refractivity contribution is 6.31. The van der Waals surface area contributed by atoms with Crippen LogP contribution in [0.2, 0.25) is 5.02 Å². The van der Waals surface area contributed by atoms with Crippen molar-refractivity contribution in [3.05, 3.63) is 34.6 Å². The number of rotatable bonds is 4. The zero-order chi connectivity index (χ0) is 11.4. The molecule has 0 heterocycles. The van der Waals surface area contributed by atoms with Gasteiger partial charge in [-0.25, -0.2) is 4.39 Å². The molecule has 0 N–H and O–H groups in total. The SMILES string of the molecule is CC(C)C(CCl)Cc1c(F)cccc1Cl. The van der Waals surface area contributed by atoms with Crippen molar-refractivity contribution in [3.63, 3.8) is 0 Å². The smallest absolute Gasteiger partial charge is 0.127 e. The van der Waals surface area contributed by atoms with E-state index in [2.05, 4.69) is 13.8 Å². The summed E-state index contributed by atoms with van der Waals surface area (Å²) in [5.74, 6) is 0.986. The maximum absolute atomic E-state index is 13.5. The Balaban J connectivity index is 2.87. The van der Waals surface area contributed by atoms with E-state index < -0.39 is 0 Å². The van der Waals surface area contributed by atoms with Gasteiger partial charge >= 0.3 is 0 Å². The number of halogens is 3. The van der Waals surface area contributed by atoms with Crippen LogP contribution in [-0.2, 0) is 6.42 Å². The second-order valence-electron chi connectivity index (χ2n) is 4.06. The van der Waals surface area contributed by atoms with Gasteiger partial charge in [0.25, 0.3) is 0 Å². The summed E-state index contributed by atoms with van der Waals surface area (Å²) in [6, 6.07) is 4.77. The van der Waals surface area contributed by atoms with Crippen LogP contribution < -0.4 is 0 Å². The zero-order valence-electron chi connectivity index (χ0n) is 8.93. The fourth-order valence-corrected chi connectivity index (χ4v) is 2.16. The Kier molecular flexibility index (Phi) is 4.88. The van der Waals surface area contributed by atoms with Crippen LogP contribution in [0.3, 0.4) is 0 Å². The molecular weight excluding hydrogens is 234 g/mol. The molecule has 3 heteroatoms. The summed E-state index contributed by atoms with van der Waals surface area (Å²) in [5.41, 5.74) is 0.582. The van der Waals surface area contributed by atoms with Gasteiger partial charge < -0.3 is 0 Å². The average molecular weight is 249 g/mol. The third-order valence-electron chi connectivity index (χ3n) is 2.67. The standard InChI is InChI=1S/C12H15Cl2F/c1-8(2)9(7-13)6-10-11(14)4-3-5-12(10)15/h3-5,8-9H,6-7H2,1-2H3. The lowest BCUT2D eigenvalue weighted by Crippen LogP contribution is -2.14. The molecule has 0 aliphatic carbocycles. The first-order chi connectivity index (χ1) is 7.06. The summed E-state index contributed by atoms with van der Waals surface area (Å²) < 4.78 is 13.5. The van der Waals surface area contributed by atoms with E-state index in [0.717, 1.165) is 0 Å². The highest BCUT2D eigenvalue weighted by Gasteiger charge is 2.16. The van der Waals surface area contributed by atoms with Gasteiger partial charge in [-0.15, -0.1) is 11.6 Å². The first-order valence-corrected chi connectivity index (χ1v) is 5.96. The van der Waals surface area contributed by atoms with Gasteiger partial charge in [0.15, 0.2) is 0 Å². The van der Waals surface area contributed by atoms with Gasteiger partial charge in [0, 0.05) is 16.5 Å². The van der Waals surface area contributed by atoms with E-state index in [1.54, 1.807) is 12.1 Å². The molecule has 1 atom stereocenters. The van der Waals surface area contributed by atoms with Crippen molar-refractivity contribution in [2.75, 3.05) is 5.88 Å². The van der Waals surface area contributed by atoms with E-state index in [1.807, 2.05) is 0 Å². The Morgan fingerprint density at radius 1 is 1.33 bits per heavy atom. The minimum absolute atomic E-state index is 0.238. The average Bonchev–Trinajstić information content (AvgIpc) is 2.17. The Morgan fingerprint density at radius 2 is 2.00 bits per heavy atom. The van der Waals surface area contributed by atoms with Crippen LogP contribution in [0.4, 0.5) is 4.39 Å². The van der Waals surface area contributed by atoms with E-state index in [9.17, 15) is 4.39 Å². The fraction of sp³-hybridized carbons (Fsp3) is 0.500. The fourth-order valence-electron chi connectivity index (χ4n) is 1.46. The number of alkyl halides is 1. The Morgan fingerprint density at radius 3 is 2.47 bits per heavy atom.